The van der Waals surface area contributed by atoms with E-state index in [0.717, 1.165) is 19.3 Å². The molecule has 4 heteroatoms. The highest BCUT2D eigenvalue weighted by Crippen LogP contribution is 2.24. The molecular formula is C19H19NO3. The van der Waals surface area contributed by atoms with Crippen molar-refractivity contribution in [3.63, 3.8) is 0 Å². The van der Waals surface area contributed by atoms with Gasteiger partial charge >= 0.3 is 5.97 Å². The van der Waals surface area contributed by atoms with E-state index in [0.29, 0.717) is 23.4 Å². The Hall–Kier alpha value is -2.62. The summed E-state index contributed by atoms with van der Waals surface area (Å²) in [6.07, 6.45) is 3.25. The normalized spacial score (nSPS) is 12.6. The van der Waals surface area contributed by atoms with Gasteiger partial charge in [-0.25, -0.2) is 4.79 Å². The lowest BCUT2D eigenvalue weighted by molar-refractivity contribution is 0.0527. The molecule has 0 radical (unpaired) electrons. The quantitative estimate of drug-likeness (QED) is 0.878. The predicted octanol–water partition coefficient (Wildman–Crippen LogP) is 3.60. The van der Waals surface area contributed by atoms with Gasteiger partial charge in [0, 0.05) is 5.56 Å². The first-order valence-corrected chi connectivity index (χ1v) is 7.88. The van der Waals surface area contributed by atoms with Crippen molar-refractivity contribution in [2.75, 3.05) is 11.9 Å². The summed E-state index contributed by atoms with van der Waals surface area (Å²) in [5, 5.41) is 2.82. The van der Waals surface area contributed by atoms with E-state index < -0.39 is 5.97 Å². The highest BCUT2D eigenvalue weighted by molar-refractivity contribution is 6.08. The van der Waals surface area contributed by atoms with Crippen LogP contribution in [0, 0.1) is 0 Å². The summed E-state index contributed by atoms with van der Waals surface area (Å²) in [5.74, 6) is -0.645. The Labute approximate surface area is 135 Å². The van der Waals surface area contributed by atoms with Gasteiger partial charge < -0.3 is 10.1 Å². The molecule has 2 aromatic carbocycles. The molecule has 0 heterocycles. The fraction of sp³-hybridized carbons (Fsp3) is 0.263. The minimum Gasteiger partial charge on any atom is -0.462 e. The molecule has 2 aromatic rings. The Morgan fingerprint density at radius 2 is 1.87 bits per heavy atom. The Kier molecular flexibility index (Phi) is 4.42. The number of esters is 1. The standard InChI is InChI=1S/C19H19NO3/c1-2-23-19(22)16-8-3-4-9-17(16)20-18(21)15-11-10-13-6-5-7-14(13)12-15/h3-4,8-12H,2,5-7H2,1H3,(H,20,21). The number of hydrogen-bond donors (Lipinski definition) is 1. The van der Waals surface area contributed by atoms with E-state index in [1.165, 1.54) is 11.1 Å². The number of carbonyl (C=O) groups excluding carboxylic acids is 2. The van der Waals surface area contributed by atoms with Gasteiger partial charge in [-0.15, -0.1) is 0 Å². The monoisotopic (exact) mass is 309 g/mol. The van der Waals surface area contributed by atoms with Gasteiger partial charge in [-0.05, 0) is 61.6 Å². The van der Waals surface area contributed by atoms with Crippen LogP contribution >= 0.6 is 0 Å². The summed E-state index contributed by atoms with van der Waals surface area (Å²) in [6, 6.07) is 12.7. The third-order valence-corrected chi connectivity index (χ3v) is 4.03. The van der Waals surface area contributed by atoms with Gasteiger partial charge in [-0.3, -0.25) is 4.79 Å². The molecule has 1 aliphatic rings. The summed E-state index contributed by atoms with van der Waals surface area (Å²) >= 11 is 0. The van der Waals surface area contributed by atoms with Crippen LogP contribution in [0.5, 0.6) is 0 Å². The maximum absolute atomic E-state index is 12.5. The Bertz CT molecular complexity index is 752. The zero-order valence-electron chi connectivity index (χ0n) is 13.1. The largest absolute Gasteiger partial charge is 0.462 e. The van der Waals surface area contributed by atoms with Crippen molar-refractivity contribution in [2.45, 2.75) is 26.2 Å². The molecule has 1 N–H and O–H groups in total. The third-order valence-electron chi connectivity index (χ3n) is 4.03. The number of hydrogen-bond acceptors (Lipinski definition) is 3. The number of nitrogens with one attached hydrogen (secondary N) is 1. The van der Waals surface area contributed by atoms with Crippen LogP contribution in [0.25, 0.3) is 0 Å². The van der Waals surface area contributed by atoms with E-state index in [1.807, 2.05) is 18.2 Å². The lowest BCUT2D eigenvalue weighted by Crippen LogP contribution is -2.16. The summed E-state index contributed by atoms with van der Waals surface area (Å²) in [5.41, 5.74) is 4.02. The molecule has 0 unspecified atom stereocenters. The minimum absolute atomic E-state index is 0.212. The van der Waals surface area contributed by atoms with Crippen LogP contribution in [0.2, 0.25) is 0 Å². The smallest absolute Gasteiger partial charge is 0.340 e. The van der Waals surface area contributed by atoms with Gasteiger partial charge in [0.2, 0.25) is 0 Å². The second kappa shape index (κ2) is 6.65. The second-order valence-electron chi connectivity index (χ2n) is 5.56. The molecule has 1 aliphatic carbocycles. The molecule has 0 aliphatic heterocycles. The number of amides is 1. The van der Waals surface area contributed by atoms with Crippen LogP contribution in [0.15, 0.2) is 42.5 Å². The van der Waals surface area contributed by atoms with E-state index in [9.17, 15) is 9.59 Å². The topological polar surface area (TPSA) is 55.4 Å². The van der Waals surface area contributed by atoms with Crippen LogP contribution in [-0.2, 0) is 17.6 Å². The van der Waals surface area contributed by atoms with Crippen molar-refractivity contribution in [2.24, 2.45) is 0 Å². The fourth-order valence-corrected chi connectivity index (χ4v) is 2.89. The van der Waals surface area contributed by atoms with Crippen LogP contribution in [0.1, 0.15) is 45.2 Å². The Morgan fingerprint density at radius 1 is 1.09 bits per heavy atom. The first kappa shape index (κ1) is 15.3. The molecule has 0 fully saturated rings. The molecule has 0 saturated heterocycles. The van der Waals surface area contributed by atoms with Crippen LogP contribution in [-0.4, -0.2) is 18.5 Å². The summed E-state index contributed by atoms with van der Waals surface area (Å²) < 4.78 is 5.03. The molecule has 1 amide bonds. The predicted molar refractivity (Wildman–Crippen MR) is 88.8 cm³/mol. The van der Waals surface area contributed by atoms with Crippen molar-refractivity contribution in [3.8, 4) is 0 Å². The van der Waals surface area contributed by atoms with Gasteiger partial charge in [-0.2, -0.15) is 0 Å². The van der Waals surface area contributed by atoms with E-state index >= 15 is 0 Å². The van der Waals surface area contributed by atoms with Crippen molar-refractivity contribution >= 4 is 17.6 Å². The molecule has 0 bridgehead atoms. The van der Waals surface area contributed by atoms with Gasteiger partial charge in [0.15, 0.2) is 0 Å². The van der Waals surface area contributed by atoms with Crippen LogP contribution in [0.4, 0.5) is 5.69 Å². The van der Waals surface area contributed by atoms with E-state index in [-0.39, 0.29) is 5.91 Å². The van der Waals surface area contributed by atoms with Gasteiger partial charge in [-0.1, -0.05) is 18.2 Å². The first-order chi connectivity index (χ1) is 11.2. The fourth-order valence-electron chi connectivity index (χ4n) is 2.89. The highest BCUT2D eigenvalue weighted by atomic mass is 16.5. The zero-order chi connectivity index (χ0) is 16.2. The molecule has 4 nitrogen and oxygen atoms in total. The number of fused-ring (bicyclic) bond motifs is 1. The van der Waals surface area contributed by atoms with Gasteiger partial charge in [0.25, 0.3) is 5.91 Å². The number of ether oxygens (including phenoxy) is 1. The average molecular weight is 309 g/mol. The molecule has 3 rings (SSSR count). The SMILES string of the molecule is CCOC(=O)c1ccccc1NC(=O)c1ccc2c(c1)CCC2. The molecule has 0 aromatic heterocycles. The maximum Gasteiger partial charge on any atom is 0.340 e. The van der Waals surface area contributed by atoms with Gasteiger partial charge in [0.05, 0.1) is 17.9 Å². The number of aryl methyl sites for hydroxylation is 2. The lowest BCUT2D eigenvalue weighted by Gasteiger charge is -2.11. The second-order valence-corrected chi connectivity index (χ2v) is 5.56. The zero-order valence-corrected chi connectivity index (χ0v) is 13.1. The van der Waals surface area contributed by atoms with Crippen molar-refractivity contribution in [3.05, 3.63) is 64.7 Å². The summed E-state index contributed by atoms with van der Waals surface area (Å²) in [6.45, 7) is 2.05. The van der Waals surface area contributed by atoms with E-state index in [2.05, 4.69) is 5.32 Å². The average Bonchev–Trinajstić information content (AvgIpc) is 3.03. The molecule has 0 atom stereocenters. The molecular weight excluding hydrogens is 290 g/mol. The summed E-state index contributed by atoms with van der Waals surface area (Å²) in [4.78, 5) is 24.4. The summed E-state index contributed by atoms with van der Waals surface area (Å²) in [7, 11) is 0. The number of anilines is 1. The Balaban J connectivity index is 1.82. The van der Waals surface area contributed by atoms with Gasteiger partial charge in [0.1, 0.15) is 0 Å². The van der Waals surface area contributed by atoms with E-state index in [4.69, 9.17) is 4.74 Å². The molecule has 0 spiro atoms. The highest BCUT2D eigenvalue weighted by Gasteiger charge is 2.17. The molecule has 0 saturated carbocycles. The van der Waals surface area contributed by atoms with E-state index in [1.54, 1.807) is 31.2 Å². The third kappa shape index (κ3) is 3.26. The minimum atomic E-state index is -0.433. The number of benzene rings is 2. The molecule has 118 valence electrons. The van der Waals surface area contributed by atoms with Crippen molar-refractivity contribution < 1.29 is 14.3 Å². The van der Waals surface area contributed by atoms with Crippen LogP contribution < -0.4 is 5.32 Å². The molecule has 23 heavy (non-hydrogen) atoms. The number of para-hydroxylation sites is 1. The first-order valence-electron chi connectivity index (χ1n) is 7.88. The van der Waals surface area contributed by atoms with Crippen molar-refractivity contribution in [1.29, 1.82) is 0 Å². The number of rotatable bonds is 4. The number of carbonyl (C=O) groups is 2. The maximum atomic E-state index is 12.5. The Morgan fingerprint density at radius 3 is 2.70 bits per heavy atom. The van der Waals surface area contributed by atoms with Crippen LogP contribution in [0.3, 0.4) is 0 Å². The lowest BCUT2D eigenvalue weighted by atomic mass is 10.1. The van der Waals surface area contributed by atoms with Crippen molar-refractivity contribution in [1.82, 2.24) is 0 Å².